The van der Waals surface area contributed by atoms with Crippen molar-refractivity contribution in [1.29, 1.82) is 0 Å². The molecule has 2 aromatic carbocycles. The van der Waals surface area contributed by atoms with E-state index in [1.807, 2.05) is 72.4 Å². The zero-order chi connectivity index (χ0) is 38.1. The summed E-state index contributed by atoms with van der Waals surface area (Å²) in [7, 11) is 1.96. The molecule has 0 aliphatic carbocycles. The van der Waals surface area contributed by atoms with Crippen molar-refractivity contribution in [2.45, 2.75) is 104 Å². The summed E-state index contributed by atoms with van der Waals surface area (Å²) < 4.78 is 11.9. The summed E-state index contributed by atoms with van der Waals surface area (Å²) in [6.07, 6.45) is 3.40. The molecule has 10 nitrogen and oxygen atoms in total. The quantitative estimate of drug-likeness (QED) is 0.148. The molecule has 0 aromatic heterocycles. The summed E-state index contributed by atoms with van der Waals surface area (Å²) >= 11 is 0. The Balaban J connectivity index is 1.94. The molecule has 51 heavy (non-hydrogen) atoms. The lowest BCUT2D eigenvalue weighted by atomic mass is 9.93. The maximum atomic E-state index is 14.2. The van der Waals surface area contributed by atoms with Crippen LogP contribution < -0.4 is 5.32 Å². The molecule has 1 aliphatic rings. The van der Waals surface area contributed by atoms with Gasteiger partial charge in [-0.15, -0.1) is 0 Å². The normalized spacial score (nSPS) is 14.2. The van der Waals surface area contributed by atoms with Crippen LogP contribution in [0.4, 0.5) is 10.5 Å². The highest BCUT2D eigenvalue weighted by Gasteiger charge is 2.37. The zero-order valence-electron chi connectivity index (χ0n) is 32.7. The van der Waals surface area contributed by atoms with Crippen molar-refractivity contribution in [2.24, 2.45) is 4.99 Å². The molecule has 2 amide bonds. The summed E-state index contributed by atoms with van der Waals surface area (Å²) in [5, 5.41) is 12.8. The molecule has 1 aliphatic heterocycles. The van der Waals surface area contributed by atoms with E-state index in [0.29, 0.717) is 49.8 Å². The second-order valence-corrected chi connectivity index (χ2v) is 21.0. The Kier molecular flexibility index (Phi) is 14.4. The molecule has 0 spiro atoms. The van der Waals surface area contributed by atoms with Crippen LogP contribution in [-0.2, 0) is 18.8 Å². The Bertz CT molecular complexity index is 1590. The highest BCUT2D eigenvalue weighted by Crippen LogP contribution is 2.37. The first-order chi connectivity index (χ1) is 23.7. The number of aliphatic imine (C=N–C) groups is 1. The molecule has 0 saturated heterocycles. The number of alkyl carbamates (subject to hydrolysis) is 1. The summed E-state index contributed by atoms with van der Waals surface area (Å²) in [5.41, 5.74) is 3.69. The number of amides is 2. The van der Waals surface area contributed by atoms with Crippen LogP contribution in [0.1, 0.15) is 91.2 Å². The van der Waals surface area contributed by atoms with E-state index in [1.54, 1.807) is 20.8 Å². The minimum atomic E-state index is -1.90. The Labute approximate surface area is 306 Å². The van der Waals surface area contributed by atoms with Gasteiger partial charge in [-0.1, -0.05) is 64.1 Å². The molecule has 1 heterocycles. The third-order valence-electron chi connectivity index (χ3n) is 9.33. The lowest BCUT2D eigenvalue weighted by Gasteiger charge is -2.36. The minimum Gasteiger partial charge on any atom is -0.481 e. The van der Waals surface area contributed by atoms with Crippen LogP contribution in [0.5, 0.6) is 0 Å². The van der Waals surface area contributed by atoms with Crippen LogP contribution in [-0.4, -0.2) is 93.0 Å². The largest absolute Gasteiger partial charge is 0.481 e. The van der Waals surface area contributed by atoms with Crippen LogP contribution in [0, 0.1) is 0 Å². The van der Waals surface area contributed by atoms with Gasteiger partial charge in [-0.3, -0.25) is 14.9 Å². The topological polar surface area (TPSA) is 121 Å². The number of aliphatic carboxylic acids is 1. The number of carbonyl (C=O) groups excluding carboxylic acids is 2. The van der Waals surface area contributed by atoms with Gasteiger partial charge in [0.1, 0.15) is 11.4 Å². The van der Waals surface area contributed by atoms with Crippen molar-refractivity contribution in [2.75, 3.05) is 40.3 Å². The van der Waals surface area contributed by atoms with E-state index >= 15 is 0 Å². The monoisotopic (exact) mass is 720 g/mol. The van der Waals surface area contributed by atoms with Gasteiger partial charge < -0.3 is 24.1 Å². The van der Waals surface area contributed by atoms with Gasteiger partial charge in [0.05, 0.1) is 11.6 Å². The fourth-order valence-corrected chi connectivity index (χ4v) is 6.58. The average Bonchev–Trinajstić information content (AvgIpc) is 3.19. The number of benzene rings is 2. The maximum absolute atomic E-state index is 14.2. The van der Waals surface area contributed by atoms with E-state index < -0.39 is 31.9 Å². The number of hydrogen-bond acceptors (Lipinski definition) is 7. The Morgan fingerprint density at radius 3 is 2.18 bits per heavy atom. The van der Waals surface area contributed by atoms with E-state index in [0.717, 1.165) is 35.1 Å². The van der Waals surface area contributed by atoms with Gasteiger partial charge in [0.15, 0.2) is 8.32 Å². The molecule has 3 rings (SSSR count). The van der Waals surface area contributed by atoms with Gasteiger partial charge in [-0.25, -0.2) is 9.79 Å². The number of ether oxygens (including phenoxy) is 1. The molecule has 0 radical (unpaired) electrons. The Morgan fingerprint density at radius 1 is 0.961 bits per heavy atom. The number of rotatable bonds is 14. The summed E-state index contributed by atoms with van der Waals surface area (Å²) in [6, 6.07) is 13.4. The Morgan fingerprint density at radius 2 is 1.61 bits per heavy atom. The molecule has 0 bridgehead atoms. The van der Waals surface area contributed by atoms with Gasteiger partial charge in [0, 0.05) is 37.3 Å². The van der Waals surface area contributed by atoms with Crippen molar-refractivity contribution in [3.05, 3.63) is 59.2 Å². The molecule has 11 heteroatoms. The fraction of sp³-hybridized carbons (Fsp3) is 0.550. The summed E-state index contributed by atoms with van der Waals surface area (Å²) in [6.45, 7) is 21.0. The molecule has 280 valence electrons. The van der Waals surface area contributed by atoms with E-state index in [9.17, 15) is 19.5 Å². The third kappa shape index (κ3) is 12.4. The average molecular weight is 721 g/mol. The number of carbonyl (C=O) groups is 3. The first kappa shape index (κ1) is 41.6. The maximum Gasteiger partial charge on any atom is 0.413 e. The molecule has 0 fully saturated rings. The van der Waals surface area contributed by atoms with Crippen molar-refractivity contribution in [3.8, 4) is 11.1 Å². The van der Waals surface area contributed by atoms with Crippen molar-refractivity contribution < 1.29 is 28.7 Å². The first-order valence-electron chi connectivity index (χ1n) is 18.0. The van der Waals surface area contributed by atoms with E-state index in [4.69, 9.17) is 14.2 Å². The number of hydrogen-bond donors (Lipinski definition) is 2. The predicted molar refractivity (Wildman–Crippen MR) is 209 cm³/mol. The Hall–Kier alpha value is -3.80. The van der Waals surface area contributed by atoms with Crippen LogP contribution in [0.3, 0.4) is 0 Å². The molecular weight excluding hydrogens is 661 g/mol. The van der Waals surface area contributed by atoms with Crippen LogP contribution in [0.15, 0.2) is 53.0 Å². The molecule has 2 aromatic rings. The lowest BCUT2D eigenvalue weighted by molar-refractivity contribution is -0.139. The van der Waals surface area contributed by atoms with Crippen LogP contribution in [0.2, 0.25) is 18.1 Å². The number of nitrogens with one attached hydrogen (secondary N) is 1. The van der Waals surface area contributed by atoms with Gasteiger partial charge in [0.2, 0.25) is 5.91 Å². The second kappa shape index (κ2) is 17.6. The highest BCUT2D eigenvalue weighted by molar-refractivity contribution is 6.74. The predicted octanol–water partition coefficient (Wildman–Crippen LogP) is 8.47. The van der Waals surface area contributed by atoms with Gasteiger partial charge in [-0.05, 0) is 108 Å². The molecular formula is C40H60N4O6Si. The van der Waals surface area contributed by atoms with Crippen LogP contribution >= 0.6 is 0 Å². The fourth-order valence-electron chi connectivity index (χ4n) is 5.49. The number of carboxylic acids is 1. The van der Waals surface area contributed by atoms with Crippen molar-refractivity contribution >= 4 is 43.9 Å². The third-order valence-corrected chi connectivity index (χ3v) is 13.9. The standard InChI is InChI=1S/C40H60N4O6Si/c1-12-21-44(22-13-24-49-51(10,11)40(5,6)7)36(45)32-25-31-19-18-30(26-34(31)41-35(27-32)42-38(48)50-39(2,3)4)28-14-16-29(17-15-28)33(37(46)47)20-23-43(8)9/h14-19,25-26,33H,12-13,20-24,27H2,1-11H3,(H,46,47)(H,41,42,48). The molecule has 1 atom stereocenters. The van der Waals surface area contributed by atoms with Gasteiger partial charge in [-0.2, -0.15) is 0 Å². The summed E-state index contributed by atoms with van der Waals surface area (Å²) in [5.74, 6) is -1.23. The lowest BCUT2D eigenvalue weighted by Crippen LogP contribution is -2.42. The van der Waals surface area contributed by atoms with Crippen LogP contribution in [0.25, 0.3) is 17.2 Å². The second-order valence-electron chi connectivity index (χ2n) is 16.2. The van der Waals surface area contributed by atoms with Crippen molar-refractivity contribution in [3.63, 3.8) is 0 Å². The number of nitrogens with zero attached hydrogens (tertiary/aromatic N) is 3. The zero-order valence-corrected chi connectivity index (χ0v) is 33.7. The SMILES string of the molecule is CCCN(CCCO[Si](C)(C)C(C)(C)C)C(=O)C1=Cc2ccc(-c3ccc(C(CCN(C)C)C(=O)O)cc3)cc2N=C(NC(=O)OC(C)(C)C)C1. The smallest absolute Gasteiger partial charge is 0.413 e. The van der Waals surface area contributed by atoms with Crippen molar-refractivity contribution in [1.82, 2.24) is 15.1 Å². The summed E-state index contributed by atoms with van der Waals surface area (Å²) in [4.78, 5) is 47.8. The number of carboxylic acid groups (broad SMARTS) is 1. The van der Waals surface area contributed by atoms with E-state index in [-0.39, 0.29) is 17.4 Å². The molecule has 2 N–H and O–H groups in total. The molecule has 1 unspecified atom stereocenters. The highest BCUT2D eigenvalue weighted by atomic mass is 28.4. The first-order valence-corrected chi connectivity index (χ1v) is 20.9. The van der Waals surface area contributed by atoms with E-state index in [2.05, 4.69) is 46.1 Å². The molecule has 0 saturated carbocycles. The van der Waals surface area contributed by atoms with E-state index in [1.165, 1.54) is 0 Å². The van der Waals surface area contributed by atoms with Gasteiger partial charge >= 0.3 is 12.1 Å². The minimum absolute atomic E-state index is 0.0994. The number of amidine groups is 1. The number of fused-ring (bicyclic) bond motifs is 1. The van der Waals surface area contributed by atoms with Gasteiger partial charge in [0.25, 0.3) is 0 Å².